The molecule has 0 saturated carbocycles. The van der Waals surface area contributed by atoms with E-state index in [1.54, 1.807) is 16.3 Å². The van der Waals surface area contributed by atoms with Crippen LogP contribution in [0.25, 0.3) is 0 Å². The molecule has 1 amide bonds. The predicted octanol–water partition coefficient (Wildman–Crippen LogP) is 3.05. The van der Waals surface area contributed by atoms with Crippen molar-refractivity contribution in [3.63, 3.8) is 0 Å². The smallest absolute Gasteiger partial charge is 0.290 e. The van der Waals surface area contributed by atoms with Gasteiger partial charge in [0.25, 0.3) is 5.91 Å². The van der Waals surface area contributed by atoms with Crippen LogP contribution in [0.2, 0.25) is 0 Å². The number of nitrogens with one attached hydrogen (secondary N) is 1. The number of hydrogen-bond donors (Lipinski definition) is 1. The van der Waals surface area contributed by atoms with E-state index in [1.807, 2.05) is 0 Å². The summed E-state index contributed by atoms with van der Waals surface area (Å²) in [7, 11) is 0. The lowest BCUT2D eigenvalue weighted by Gasteiger charge is -2.14. The molecule has 22 heavy (non-hydrogen) atoms. The normalized spacial score (nSPS) is 14.5. The summed E-state index contributed by atoms with van der Waals surface area (Å²) >= 11 is 1.55. The SMILES string of the molecule is O=C(Nc1nnc2n1CCCS2)c1ccc(C(F)(F)F)cc1. The zero-order valence-electron chi connectivity index (χ0n) is 11.2. The van der Waals surface area contributed by atoms with E-state index in [0.29, 0.717) is 12.5 Å². The number of alkyl halides is 3. The molecule has 1 aliphatic rings. The van der Waals surface area contributed by atoms with Gasteiger partial charge in [-0.25, -0.2) is 0 Å². The minimum Gasteiger partial charge on any atom is -0.290 e. The van der Waals surface area contributed by atoms with Crippen molar-refractivity contribution in [1.82, 2.24) is 14.8 Å². The fourth-order valence-electron chi connectivity index (χ4n) is 2.06. The zero-order valence-corrected chi connectivity index (χ0v) is 12.0. The highest BCUT2D eigenvalue weighted by Crippen LogP contribution is 2.29. The van der Waals surface area contributed by atoms with Crippen LogP contribution in [0.5, 0.6) is 0 Å². The van der Waals surface area contributed by atoms with Gasteiger partial charge in [0.15, 0.2) is 5.16 Å². The molecule has 5 nitrogen and oxygen atoms in total. The summed E-state index contributed by atoms with van der Waals surface area (Å²) in [4.78, 5) is 12.1. The van der Waals surface area contributed by atoms with Crippen LogP contribution in [-0.2, 0) is 12.7 Å². The van der Waals surface area contributed by atoms with Gasteiger partial charge in [-0.3, -0.25) is 14.7 Å². The molecule has 0 unspecified atom stereocenters. The molecular formula is C13H11F3N4OS. The number of halogens is 3. The third-order valence-electron chi connectivity index (χ3n) is 3.17. The first-order valence-corrected chi connectivity index (χ1v) is 7.48. The summed E-state index contributed by atoms with van der Waals surface area (Å²) in [6.45, 7) is 0.706. The quantitative estimate of drug-likeness (QED) is 0.920. The fourth-order valence-corrected chi connectivity index (χ4v) is 2.95. The maximum Gasteiger partial charge on any atom is 0.416 e. The van der Waals surface area contributed by atoms with Crippen molar-refractivity contribution in [3.05, 3.63) is 35.4 Å². The number of rotatable bonds is 2. The summed E-state index contributed by atoms with van der Waals surface area (Å²) in [5.74, 6) is 0.747. The van der Waals surface area contributed by atoms with E-state index in [-0.39, 0.29) is 5.56 Å². The van der Waals surface area contributed by atoms with Gasteiger partial charge in [0.05, 0.1) is 5.56 Å². The second-order valence-corrected chi connectivity index (χ2v) is 5.75. The van der Waals surface area contributed by atoms with E-state index in [0.717, 1.165) is 41.6 Å². The number of nitrogens with zero attached hydrogens (tertiary/aromatic N) is 3. The molecular weight excluding hydrogens is 317 g/mol. The minimum absolute atomic E-state index is 0.133. The lowest BCUT2D eigenvalue weighted by molar-refractivity contribution is -0.137. The Morgan fingerprint density at radius 3 is 2.64 bits per heavy atom. The van der Waals surface area contributed by atoms with Crippen LogP contribution in [0.1, 0.15) is 22.3 Å². The number of aromatic nitrogens is 3. The van der Waals surface area contributed by atoms with Gasteiger partial charge in [-0.05, 0) is 30.7 Å². The summed E-state index contributed by atoms with van der Waals surface area (Å²) in [6.07, 6.45) is -3.48. The molecule has 3 rings (SSSR count). The second-order valence-electron chi connectivity index (χ2n) is 4.69. The van der Waals surface area contributed by atoms with Crippen molar-refractivity contribution < 1.29 is 18.0 Å². The molecule has 9 heteroatoms. The first-order chi connectivity index (χ1) is 10.4. The van der Waals surface area contributed by atoms with Crippen molar-refractivity contribution >= 4 is 23.6 Å². The standard InChI is InChI=1S/C13H11F3N4OS/c14-13(15,16)9-4-2-8(3-5-9)10(21)17-11-18-19-12-20(11)6-1-7-22-12/h2-5H,1,6-7H2,(H,17,18,21). The third-order valence-corrected chi connectivity index (χ3v) is 4.23. The highest BCUT2D eigenvalue weighted by atomic mass is 32.2. The van der Waals surface area contributed by atoms with Gasteiger partial charge in [-0.15, -0.1) is 10.2 Å². The molecule has 1 aromatic heterocycles. The van der Waals surface area contributed by atoms with Crippen molar-refractivity contribution in [2.45, 2.75) is 24.3 Å². The Bertz CT molecular complexity index is 696. The summed E-state index contributed by atoms with van der Waals surface area (Å²) in [5.41, 5.74) is -0.658. The van der Waals surface area contributed by atoms with E-state index in [2.05, 4.69) is 15.5 Å². The second kappa shape index (κ2) is 5.64. The Morgan fingerprint density at radius 1 is 1.23 bits per heavy atom. The van der Waals surface area contributed by atoms with Gasteiger partial charge in [0.1, 0.15) is 0 Å². The van der Waals surface area contributed by atoms with Crippen molar-refractivity contribution in [1.29, 1.82) is 0 Å². The van der Waals surface area contributed by atoms with Gasteiger partial charge in [0, 0.05) is 17.9 Å². The molecule has 0 saturated heterocycles. The summed E-state index contributed by atoms with van der Waals surface area (Å²) in [5, 5.41) is 11.2. The predicted molar refractivity (Wildman–Crippen MR) is 74.8 cm³/mol. The van der Waals surface area contributed by atoms with E-state index in [4.69, 9.17) is 0 Å². The van der Waals surface area contributed by atoms with E-state index in [9.17, 15) is 18.0 Å². The molecule has 0 fully saturated rings. The number of amides is 1. The molecule has 0 aliphatic carbocycles. The first-order valence-electron chi connectivity index (χ1n) is 6.50. The van der Waals surface area contributed by atoms with Crippen molar-refractivity contribution in [3.8, 4) is 0 Å². The lowest BCUT2D eigenvalue weighted by atomic mass is 10.1. The summed E-state index contributed by atoms with van der Waals surface area (Å²) in [6, 6.07) is 4.04. The maximum absolute atomic E-state index is 12.5. The average molecular weight is 328 g/mol. The Balaban J connectivity index is 1.76. The molecule has 0 radical (unpaired) electrons. The number of benzene rings is 1. The largest absolute Gasteiger partial charge is 0.416 e. The number of carbonyl (C=O) groups is 1. The number of hydrogen-bond acceptors (Lipinski definition) is 4. The van der Waals surface area contributed by atoms with Crippen LogP contribution in [0, 0.1) is 0 Å². The molecule has 0 bridgehead atoms. The van der Waals surface area contributed by atoms with E-state index >= 15 is 0 Å². The molecule has 1 aromatic carbocycles. The molecule has 116 valence electrons. The van der Waals surface area contributed by atoms with E-state index < -0.39 is 17.6 Å². The number of thioether (sulfide) groups is 1. The van der Waals surface area contributed by atoms with Crippen LogP contribution in [0.4, 0.5) is 19.1 Å². The van der Waals surface area contributed by atoms with Gasteiger partial charge < -0.3 is 0 Å². The summed E-state index contributed by atoms with van der Waals surface area (Å²) < 4.78 is 39.3. The molecule has 1 aliphatic heterocycles. The zero-order chi connectivity index (χ0) is 15.7. The first kappa shape index (κ1) is 14.9. The van der Waals surface area contributed by atoms with Crippen LogP contribution in [0.3, 0.4) is 0 Å². The van der Waals surface area contributed by atoms with Gasteiger partial charge in [0.2, 0.25) is 5.95 Å². The van der Waals surface area contributed by atoms with Gasteiger partial charge in [-0.2, -0.15) is 13.2 Å². The number of fused-ring (bicyclic) bond motifs is 1. The van der Waals surface area contributed by atoms with Gasteiger partial charge >= 0.3 is 6.18 Å². The minimum atomic E-state index is -4.42. The molecule has 2 aromatic rings. The Morgan fingerprint density at radius 2 is 1.95 bits per heavy atom. The highest BCUT2D eigenvalue weighted by Gasteiger charge is 2.30. The van der Waals surface area contributed by atoms with Crippen LogP contribution in [-0.4, -0.2) is 26.4 Å². The molecule has 1 N–H and O–H groups in total. The van der Waals surface area contributed by atoms with Gasteiger partial charge in [-0.1, -0.05) is 11.8 Å². The van der Waals surface area contributed by atoms with Crippen molar-refractivity contribution in [2.75, 3.05) is 11.1 Å². The fraction of sp³-hybridized carbons (Fsp3) is 0.308. The lowest BCUT2D eigenvalue weighted by Crippen LogP contribution is -2.18. The third kappa shape index (κ3) is 2.94. The monoisotopic (exact) mass is 328 g/mol. The average Bonchev–Trinajstić information content (AvgIpc) is 2.90. The van der Waals surface area contributed by atoms with Crippen molar-refractivity contribution in [2.24, 2.45) is 0 Å². The topological polar surface area (TPSA) is 59.8 Å². The maximum atomic E-state index is 12.5. The Hall–Kier alpha value is -2.03. The Kier molecular flexibility index (Phi) is 3.81. The van der Waals surface area contributed by atoms with Crippen LogP contribution in [0.15, 0.2) is 29.4 Å². The number of anilines is 1. The molecule has 0 atom stereocenters. The Labute approximate surface area is 127 Å². The van der Waals surface area contributed by atoms with E-state index in [1.165, 1.54) is 0 Å². The molecule has 0 spiro atoms. The number of carbonyl (C=O) groups excluding carboxylic acids is 1. The van der Waals surface area contributed by atoms with Crippen LogP contribution < -0.4 is 5.32 Å². The highest BCUT2D eigenvalue weighted by molar-refractivity contribution is 7.99. The van der Waals surface area contributed by atoms with Crippen LogP contribution >= 0.6 is 11.8 Å². The molecule has 2 heterocycles.